The van der Waals surface area contributed by atoms with Gasteiger partial charge in [-0.2, -0.15) is 0 Å². The van der Waals surface area contributed by atoms with Crippen molar-refractivity contribution in [2.75, 3.05) is 26.2 Å². The van der Waals surface area contributed by atoms with Crippen LogP contribution < -0.4 is 5.32 Å². The first-order valence-electron chi connectivity index (χ1n) is 7.91. The number of amides is 2. The Labute approximate surface area is 127 Å². The highest BCUT2D eigenvalue weighted by Crippen LogP contribution is 2.23. The molecule has 2 N–H and O–H groups in total. The number of likely N-dealkylation sites (N-methyl/N-ethyl adjacent to an activating group) is 1. The summed E-state index contributed by atoms with van der Waals surface area (Å²) in [6.07, 6.45) is 1.07. The topological polar surface area (TPSA) is 72.9 Å². The second-order valence-electron chi connectivity index (χ2n) is 5.94. The maximum atomic E-state index is 12.3. The van der Waals surface area contributed by atoms with Crippen LogP contribution >= 0.6 is 0 Å². The zero-order valence-electron chi connectivity index (χ0n) is 13.6. The summed E-state index contributed by atoms with van der Waals surface area (Å²) in [6.45, 7) is 11.4. The van der Waals surface area contributed by atoms with E-state index in [0.717, 1.165) is 19.6 Å². The van der Waals surface area contributed by atoms with E-state index in [4.69, 9.17) is 5.11 Å². The van der Waals surface area contributed by atoms with Crippen molar-refractivity contribution in [3.63, 3.8) is 0 Å². The first-order valence-corrected chi connectivity index (χ1v) is 7.91. The van der Waals surface area contributed by atoms with E-state index in [1.807, 2.05) is 13.8 Å². The Morgan fingerprint density at radius 1 is 1.38 bits per heavy atom. The molecular formula is C15H29N3O3. The third kappa shape index (κ3) is 5.19. The first kappa shape index (κ1) is 17.8. The molecule has 21 heavy (non-hydrogen) atoms. The Hall–Kier alpha value is -1.30. The van der Waals surface area contributed by atoms with Gasteiger partial charge in [0.05, 0.1) is 5.92 Å². The van der Waals surface area contributed by atoms with Gasteiger partial charge in [0.15, 0.2) is 0 Å². The average molecular weight is 299 g/mol. The zero-order chi connectivity index (χ0) is 16.0. The Kier molecular flexibility index (Phi) is 6.95. The van der Waals surface area contributed by atoms with Crippen LogP contribution in [0.25, 0.3) is 0 Å². The molecule has 0 spiro atoms. The number of carboxylic acid groups (broad SMARTS) is 1. The molecule has 0 aromatic rings. The molecule has 1 fully saturated rings. The molecule has 6 nitrogen and oxygen atoms in total. The molecule has 0 aliphatic carbocycles. The summed E-state index contributed by atoms with van der Waals surface area (Å²) in [5.74, 6) is -1.08. The highest BCUT2D eigenvalue weighted by molar-refractivity contribution is 5.76. The maximum Gasteiger partial charge on any atom is 0.317 e. The molecule has 3 atom stereocenters. The number of carbonyl (C=O) groups excluding carboxylic acids is 1. The van der Waals surface area contributed by atoms with E-state index in [2.05, 4.69) is 24.1 Å². The molecule has 1 rings (SSSR count). The van der Waals surface area contributed by atoms with E-state index >= 15 is 0 Å². The lowest BCUT2D eigenvalue weighted by molar-refractivity contribution is -0.143. The van der Waals surface area contributed by atoms with E-state index in [9.17, 15) is 9.59 Å². The predicted molar refractivity (Wildman–Crippen MR) is 82.3 cm³/mol. The standard InChI is InChI=1S/C15H29N3O3/c1-5-17(6-2)10-11(3)16-15(21)18-8-7-13(14(19)20)9-12(18)4/h11-13H,5-10H2,1-4H3,(H,16,21)(H,19,20). The van der Waals surface area contributed by atoms with Crippen LogP contribution in [0.1, 0.15) is 40.5 Å². The van der Waals surface area contributed by atoms with Crippen molar-refractivity contribution >= 4 is 12.0 Å². The van der Waals surface area contributed by atoms with Crippen LogP contribution in [-0.4, -0.2) is 65.2 Å². The lowest BCUT2D eigenvalue weighted by atomic mass is 9.92. The van der Waals surface area contributed by atoms with Gasteiger partial charge in [0.1, 0.15) is 0 Å². The molecule has 0 aromatic heterocycles. The molecular weight excluding hydrogens is 270 g/mol. The SMILES string of the molecule is CCN(CC)CC(C)NC(=O)N1CCC(C(=O)O)CC1C. The molecule has 1 heterocycles. The summed E-state index contributed by atoms with van der Waals surface area (Å²) in [7, 11) is 0. The molecule has 0 saturated carbocycles. The van der Waals surface area contributed by atoms with Crippen LogP contribution in [-0.2, 0) is 4.79 Å². The molecule has 1 saturated heterocycles. The number of carboxylic acids is 1. The molecule has 1 aliphatic heterocycles. The van der Waals surface area contributed by atoms with E-state index in [1.54, 1.807) is 4.90 Å². The molecule has 1 aliphatic rings. The van der Waals surface area contributed by atoms with Gasteiger partial charge in [-0.1, -0.05) is 13.8 Å². The number of aliphatic carboxylic acids is 1. The van der Waals surface area contributed by atoms with Gasteiger partial charge in [-0.05, 0) is 39.8 Å². The van der Waals surface area contributed by atoms with Crippen LogP contribution in [0.2, 0.25) is 0 Å². The third-order valence-corrected chi connectivity index (χ3v) is 4.28. The third-order valence-electron chi connectivity index (χ3n) is 4.28. The fourth-order valence-electron chi connectivity index (χ4n) is 2.91. The van der Waals surface area contributed by atoms with Crippen molar-refractivity contribution in [2.45, 2.75) is 52.6 Å². The van der Waals surface area contributed by atoms with E-state index in [0.29, 0.717) is 19.4 Å². The summed E-state index contributed by atoms with van der Waals surface area (Å²) in [4.78, 5) is 27.4. The Balaban J connectivity index is 2.47. The van der Waals surface area contributed by atoms with Gasteiger partial charge in [-0.25, -0.2) is 4.79 Å². The Bertz CT molecular complexity index is 358. The molecule has 0 aromatic carbocycles. The Morgan fingerprint density at radius 3 is 2.48 bits per heavy atom. The quantitative estimate of drug-likeness (QED) is 0.781. The normalized spacial score (nSPS) is 24.0. The van der Waals surface area contributed by atoms with Gasteiger partial charge in [-0.15, -0.1) is 0 Å². The number of nitrogens with one attached hydrogen (secondary N) is 1. The van der Waals surface area contributed by atoms with Gasteiger partial charge in [0.25, 0.3) is 0 Å². The molecule has 6 heteroatoms. The molecule has 122 valence electrons. The van der Waals surface area contributed by atoms with Crippen molar-refractivity contribution in [1.29, 1.82) is 0 Å². The first-order chi connectivity index (χ1) is 9.88. The van der Waals surface area contributed by atoms with Crippen LogP contribution in [0.4, 0.5) is 4.79 Å². The van der Waals surface area contributed by atoms with Crippen LogP contribution in [0.15, 0.2) is 0 Å². The fourth-order valence-corrected chi connectivity index (χ4v) is 2.91. The Morgan fingerprint density at radius 2 is 2.00 bits per heavy atom. The van der Waals surface area contributed by atoms with Crippen LogP contribution in [0, 0.1) is 5.92 Å². The second kappa shape index (κ2) is 8.22. The smallest absolute Gasteiger partial charge is 0.317 e. The minimum atomic E-state index is -0.753. The number of hydrogen-bond donors (Lipinski definition) is 2. The van der Waals surface area contributed by atoms with Gasteiger partial charge in [-0.3, -0.25) is 4.79 Å². The average Bonchev–Trinajstić information content (AvgIpc) is 2.44. The summed E-state index contributed by atoms with van der Waals surface area (Å²) >= 11 is 0. The minimum Gasteiger partial charge on any atom is -0.481 e. The van der Waals surface area contributed by atoms with Crippen molar-refractivity contribution in [1.82, 2.24) is 15.1 Å². The number of urea groups is 1. The molecule has 2 amide bonds. The minimum absolute atomic E-state index is 0.0273. The number of piperidine rings is 1. The lowest BCUT2D eigenvalue weighted by Gasteiger charge is -2.37. The molecule has 3 unspecified atom stereocenters. The summed E-state index contributed by atoms with van der Waals surface area (Å²) in [6, 6.07) is -0.0201. The molecule has 0 radical (unpaired) electrons. The summed E-state index contributed by atoms with van der Waals surface area (Å²) in [5, 5.41) is 12.1. The van der Waals surface area contributed by atoms with E-state index in [1.165, 1.54) is 0 Å². The van der Waals surface area contributed by atoms with Crippen LogP contribution in [0.5, 0.6) is 0 Å². The zero-order valence-corrected chi connectivity index (χ0v) is 13.6. The maximum absolute atomic E-state index is 12.3. The van der Waals surface area contributed by atoms with Gasteiger partial charge in [0, 0.05) is 25.2 Å². The number of hydrogen-bond acceptors (Lipinski definition) is 3. The second-order valence-corrected chi connectivity index (χ2v) is 5.94. The fraction of sp³-hybridized carbons (Fsp3) is 0.867. The molecule has 0 bridgehead atoms. The lowest BCUT2D eigenvalue weighted by Crippen LogP contribution is -2.53. The van der Waals surface area contributed by atoms with Gasteiger partial charge < -0.3 is 20.2 Å². The van der Waals surface area contributed by atoms with Crippen molar-refractivity contribution in [2.24, 2.45) is 5.92 Å². The van der Waals surface area contributed by atoms with E-state index in [-0.39, 0.29) is 24.0 Å². The van der Waals surface area contributed by atoms with Crippen LogP contribution in [0.3, 0.4) is 0 Å². The largest absolute Gasteiger partial charge is 0.481 e. The van der Waals surface area contributed by atoms with Gasteiger partial charge in [0.2, 0.25) is 0 Å². The van der Waals surface area contributed by atoms with Crippen molar-refractivity contribution in [3.8, 4) is 0 Å². The summed E-state index contributed by atoms with van der Waals surface area (Å²) in [5.41, 5.74) is 0. The highest BCUT2D eigenvalue weighted by atomic mass is 16.4. The number of nitrogens with zero attached hydrogens (tertiary/aromatic N) is 2. The monoisotopic (exact) mass is 299 g/mol. The highest BCUT2D eigenvalue weighted by Gasteiger charge is 2.32. The van der Waals surface area contributed by atoms with Crippen molar-refractivity contribution in [3.05, 3.63) is 0 Å². The number of likely N-dealkylation sites (tertiary alicyclic amines) is 1. The number of rotatable bonds is 6. The van der Waals surface area contributed by atoms with E-state index < -0.39 is 5.97 Å². The van der Waals surface area contributed by atoms with Gasteiger partial charge >= 0.3 is 12.0 Å². The number of carbonyl (C=O) groups is 2. The van der Waals surface area contributed by atoms with Crippen molar-refractivity contribution < 1.29 is 14.7 Å². The summed E-state index contributed by atoms with van der Waals surface area (Å²) < 4.78 is 0. The predicted octanol–water partition coefficient (Wildman–Crippen LogP) is 1.61.